The Hall–Kier alpha value is -2.00. The molecule has 0 atom stereocenters. The molecule has 0 aliphatic carbocycles. The zero-order valence-corrected chi connectivity index (χ0v) is 9.80. The van der Waals surface area contributed by atoms with Gasteiger partial charge in [0.15, 0.2) is 0 Å². The number of hydrogen-bond acceptors (Lipinski definition) is 3. The number of pyridine rings is 2. The Labute approximate surface area is 100 Å². The summed E-state index contributed by atoms with van der Waals surface area (Å²) in [5.74, 6) is 0. The summed E-state index contributed by atoms with van der Waals surface area (Å²) >= 11 is 0. The summed E-state index contributed by atoms with van der Waals surface area (Å²) in [5.41, 5.74) is 7.76. The molecule has 2 rings (SSSR count). The highest BCUT2D eigenvalue weighted by molar-refractivity contribution is 5.62. The van der Waals surface area contributed by atoms with Crippen molar-refractivity contribution < 1.29 is 0 Å². The van der Waals surface area contributed by atoms with Gasteiger partial charge >= 0.3 is 0 Å². The third-order valence-corrected chi connectivity index (χ3v) is 2.57. The molecule has 0 radical (unpaired) electrons. The van der Waals surface area contributed by atoms with E-state index in [9.17, 15) is 0 Å². The SMILES string of the molecule is C/C=c1/ncc(-c2ccncc2)c/c1=C/CN. The van der Waals surface area contributed by atoms with Crippen LogP contribution < -0.4 is 16.3 Å². The van der Waals surface area contributed by atoms with Gasteiger partial charge in [0.25, 0.3) is 0 Å². The lowest BCUT2D eigenvalue weighted by Gasteiger charge is -2.00. The van der Waals surface area contributed by atoms with Crippen LogP contribution in [0.2, 0.25) is 0 Å². The van der Waals surface area contributed by atoms with Gasteiger partial charge in [0, 0.05) is 30.7 Å². The fourth-order valence-electron chi connectivity index (χ4n) is 1.73. The lowest BCUT2D eigenvalue weighted by atomic mass is 10.1. The summed E-state index contributed by atoms with van der Waals surface area (Å²) < 4.78 is 0. The van der Waals surface area contributed by atoms with Gasteiger partial charge in [-0.2, -0.15) is 0 Å². The van der Waals surface area contributed by atoms with Gasteiger partial charge in [0.1, 0.15) is 0 Å². The fourth-order valence-corrected chi connectivity index (χ4v) is 1.73. The molecular weight excluding hydrogens is 210 g/mol. The van der Waals surface area contributed by atoms with Gasteiger partial charge in [-0.25, -0.2) is 0 Å². The highest BCUT2D eigenvalue weighted by Crippen LogP contribution is 2.13. The highest BCUT2D eigenvalue weighted by atomic mass is 14.6. The maximum absolute atomic E-state index is 5.57. The average molecular weight is 225 g/mol. The van der Waals surface area contributed by atoms with Crippen LogP contribution in [-0.4, -0.2) is 16.5 Å². The Morgan fingerprint density at radius 3 is 2.65 bits per heavy atom. The van der Waals surface area contributed by atoms with Crippen LogP contribution in [-0.2, 0) is 0 Å². The lowest BCUT2D eigenvalue weighted by Crippen LogP contribution is -2.28. The number of nitrogens with two attached hydrogens (primary N) is 1. The minimum absolute atomic E-state index is 0.516. The third-order valence-electron chi connectivity index (χ3n) is 2.57. The summed E-state index contributed by atoms with van der Waals surface area (Å²) in [6.07, 6.45) is 9.40. The molecular formula is C14H15N3. The average Bonchev–Trinajstić information content (AvgIpc) is 2.40. The van der Waals surface area contributed by atoms with Crippen molar-refractivity contribution in [2.24, 2.45) is 5.73 Å². The first kappa shape index (κ1) is 11.5. The van der Waals surface area contributed by atoms with Crippen LogP contribution in [0.25, 0.3) is 23.3 Å². The predicted molar refractivity (Wildman–Crippen MR) is 70.4 cm³/mol. The summed E-state index contributed by atoms with van der Waals surface area (Å²) in [4.78, 5) is 8.44. The first-order valence-corrected chi connectivity index (χ1v) is 5.58. The molecule has 3 heteroatoms. The maximum Gasteiger partial charge on any atom is 0.0657 e. The number of aromatic nitrogens is 2. The summed E-state index contributed by atoms with van der Waals surface area (Å²) in [6, 6.07) is 6.04. The molecule has 0 aromatic carbocycles. The van der Waals surface area contributed by atoms with Gasteiger partial charge in [-0.05, 0) is 35.9 Å². The Balaban J connectivity index is 2.60. The van der Waals surface area contributed by atoms with Gasteiger partial charge in [-0.3, -0.25) is 9.97 Å². The molecule has 0 bridgehead atoms. The van der Waals surface area contributed by atoms with Gasteiger partial charge < -0.3 is 5.73 Å². The minimum atomic E-state index is 0.516. The van der Waals surface area contributed by atoms with Gasteiger partial charge in [0.2, 0.25) is 0 Å². The maximum atomic E-state index is 5.57. The second-order valence-corrected chi connectivity index (χ2v) is 3.66. The molecule has 86 valence electrons. The molecule has 17 heavy (non-hydrogen) atoms. The Bertz CT molecular complexity index is 603. The second kappa shape index (κ2) is 5.37. The van der Waals surface area contributed by atoms with Crippen LogP contribution in [0, 0.1) is 0 Å². The summed E-state index contributed by atoms with van der Waals surface area (Å²) in [6.45, 7) is 2.49. The van der Waals surface area contributed by atoms with Crippen molar-refractivity contribution in [3.8, 4) is 11.1 Å². The van der Waals surface area contributed by atoms with Crippen molar-refractivity contribution in [1.29, 1.82) is 0 Å². The molecule has 3 nitrogen and oxygen atoms in total. The minimum Gasteiger partial charge on any atom is -0.327 e. The van der Waals surface area contributed by atoms with Crippen LogP contribution in [0.15, 0.2) is 36.8 Å². The van der Waals surface area contributed by atoms with Gasteiger partial charge in [0.05, 0.1) is 5.35 Å². The van der Waals surface area contributed by atoms with Crippen LogP contribution in [0.4, 0.5) is 0 Å². The summed E-state index contributed by atoms with van der Waals surface area (Å²) in [7, 11) is 0. The van der Waals surface area contributed by atoms with Crippen molar-refractivity contribution >= 4 is 12.2 Å². The Morgan fingerprint density at radius 1 is 1.24 bits per heavy atom. The lowest BCUT2D eigenvalue weighted by molar-refractivity contribution is 1.20. The molecule has 0 saturated carbocycles. The number of rotatable bonds is 2. The van der Waals surface area contributed by atoms with E-state index in [1.807, 2.05) is 37.4 Å². The molecule has 2 aromatic heterocycles. The monoisotopic (exact) mass is 225 g/mol. The molecule has 2 N–H and O–H groups in total. The molecule has 0 fully saturated rings. The van der Waals surface area contributed by atoms with E-state index in [-0.39, 0.29) is 0 Å². The van der Waals surface area contributed by atoms with Crippen molar-refractivity contribution in [2.75, 3.05) is 6.54 Å². The number of hydrogen-bond donors (Lipinski definition) is 1. The largest absolute Gasteiger partial charge is 0.327 e. The first-order valence-electron chi connectivity index (χ1n) is 5.58. The normalized spacial score (nSPS) is 13.1. The van der Waals surface area contributed by atoms with E-state index < -0.39 is 0 Å². The molecule has 0 aliphatic rings. The van der Waals surface area contributed by atoms with Crippen molar-refractivity contribution in [3.05, 3.63) is 47.4 Å². The van der Waals surface area contributed by atoms with Crippen LogP contribution >= 0.6 is 0 Å². The van der Waals surface area contributed by atoms with Gasteiger partial charge in [-0.1, -0.05) is 12.2 Å². The Kier molecular flexibility index (Phi) is 3.62. The highest BCUT2D eigenvalue weighted by Gasteiger charge is 1.97. The van der Waals surface area contributed by atoms with E-state index in [1.165, 1.54) is 0 Å². The standard InChI is InChI=1S/C14H15N3/c1-2-14-12(3-6-15)9-13(10-17-14)11-4-7-16-8-5-11/h2-5,7-10H,6,15H2,1H3/b12-3-,14-2+. The molecule has 2 heterocycles. The molecule has 0 saturated heterocycles. The topological polar surface area (TPSA) is 51.8 Å². The fraction of sp³-hybridized carbons (Fsp3) is 0.143. The number of nitrogens with zero attached hydrogens (tertiary/aromatic N) is 2. The van der Waals surface area contributed by atoms with Crippen LogP contribution in [0.5, 0.6) is 0 Å². The molecule has 0 amide bonds. The van der Waals surface area contributed by atoms with Gasteiger partial charge in [-0.15, -0.1) is 0 Å². The van der Waals surface area contributed by atoms with E-state index >= 15 is 0 Å². The third kappa shape index (κ3) is 2.57. The summed E-state index contributed by atoms with van der Waals surface area (Å²) in [5, 5.41) is 2.04. The van der Waals surface area contributed by atoms with E-state index in [1.54, 1.807) is 12.4 Å². The first-order chi connectivity index (χ1) is 8.35. The van der Waals surface area contributed by atoms with E-state index in [2.05, 4.69) is 16.0 Å². The quantitative estimate of drug-likeness (QED) is 0.818. The molecule has 0 spiro atoms. The molecule has 2 aromatic rings. The predicted octanol–water partition coefficient (Wildman–Crippen LogP) is 0.683. The Morgan fingerprint density at radius 2 is 2.00 bits per heavy atom. The zero-order chi connectivity index (χ0) is 12.1. The van der Waals surface area contributed by atoms with E-state index in [0.29, 0.717) is 6.54 Å². The van der Waals surface area contributed by atoms with E-state index in [4.69, 9.17) is 5.73 Å². The smallest absolute Gasteiger partial charge is 0.0657 e. The molecule has 0 unspecified atom stereocenters. The van der Waals surface area contributed by atoms with Crippen molar-refractivity contribution in [2.45, 2.75) is 6.92 Å². The zero-order valence-electron chi connectivity index (χ0n) is 9.80. The molecule has 0 aliphatic heterocycles. The van der Waals surface area contributed by atoms with Crippen molar-refractivity contribution in [1.82, 2.24) is 9.97 Å². The van der Waals surface area contributed by atoms with Crippen LogP contribution in [0.3, 0.4) is 0 Å². The van der Waals surface area contributed by atoms with Crippen molar-refractivity contribution in [3.63, 3.8) is 0 Å². The second-order valence-electron chi connectivity index (χ2n) is 3.66. The van der Waals surface area contributed by atoms with E-state index in [0.717, 1.165) is 21.7 Å². The van der Waals surface area contributed by atoms with Crippen LogP contribution in [0.1, 0.15) is 6.92 Å².